The number of benzene rings is 1. The first-order valence-corrected chi connectivity index (χ1v) is 7.92. The van der Waals surface area contributed by atoms with Gasteiger partial charge < -0.3 is 10.1 Å². The van der Waals surface area contributed by atoms with Crippen molar-refractivity contribution in [2.24, 2.45) is 0 Å². The lowest BCUT2D eigenvalue weighted by Crippen LogP contribution is -2.13. The molecule has 0 bridgehead atoms. The zero-order valence-electron chi connectivity index (χ0n) is 12.3. The summed E-state index contributed by atoms with van der Waals surface area (Å²) in [4.78, 5) is 25.4. The smallest absolute Gasteiger partial charge is 0.273 e. The maximum absolute atomic E-state index is 12.4. The number of anilines is 1. The minimum absolute atomic E-state index is 0.212. The molecule has 0 unspecified atom stereocenters. The fourth-order valence-corrected chi connectivity index (χ4v) is 3.01. The van der Waals surface area contributed by atoms with Crippen molar-refractivity contribution in [2.75, 3.05) is 5.32 Å². The van der Waals surface area contributed by atoms with Crippen molar-refractivity contribution in [3.63, 3.8) is 0 Å². The number of hydrogen-bond donors (Lipinski definition) is 1. The Morgan fingerprint density at radius 1 is 1.21 bits per heavy atom. The molecular weight excluding hydrogens is 326 g/mol. The molecule has 118 valence electrons. The zero-order valence-corrected chi connectivity index (χ0v) is 13.1. The van der Waals surface area contributed by atoms with E-state index >= 15 is 0 Å². The normalized spacial score (nSPS) is 10.7. The second-order valence-electron chi connectivity index (χ2n) is 4.85. The molecule has 3 heterocycles. The van der Waals surface area contributed by atoms with Crippen molar-refractivity contribution >= 4 is 27.8 Å². The summed E-state index contributed by atoms with van der Waals surface area (Å²) in [6.07, 6.45) is 7.98. The number of nitrogens with zero attached hydrogens (tertiary/aromatic N) is 4. The molecule has 0 radical (unpaired) electrons. The van der Waals surface area contributed by atoms with Gasteiger partial charge in [0.25, 0.3) is 5.91 Å². The standard InChI is InChI=1S/C16H11N5O2S/c22-16(13-9-24-15-8-18-10-21(13)15)20-11-2-1-3-12(6-11)23-14-7-17-4-5-19-14/h1-10H,(H,20,22). The van der Waals surface area contributed by atoms with Crippen LogP contribution in [0.15, 0.2) is 60.8 Å². The number of amides is 1. The Balaban J connectivity index is 1.53. The van der Waals surface area contributed by atoms with Crippen molar-refractivity contribution < 1.29 is 9.53 Å². The number of carbonyl (C=O) groups excluding carboxylic acids is 1. The van der Waals surface area contributed by atoms with Crippen molar-refractivity contribution in [1.29, 1.82) is 0 Å². The average Bonchev–Trinajstić information content (AvgIpc) is 3.19. The molecule has 3 aromatic heterocycles. The van der Waals surface area contributed by atoms with Crippen molar-refractivity contribution in [2.45, 2.75) is 0 Å². The van der Waals surface area contributed by atoms with Crippen molar-refractivity contribution in [1.82, 2.24) is 19.4 Å². The highest BCUT2D eigenvalue weighted by Gasteiger charge is 2.13. The van der Waals surface area contributed by atoms with E-state index in [1.807, 2.05) is 0 Å². The van der Waals surface area contributed by atoms with Crippen LogP contribution in [0, 0.1) is 0 Å². The van der Waals surface area contributed by atoms with Crippen LogP contribution in [0.2, 0.25) is 0 Å². The summed E-state index contributed by atoms with van der Waals surface area (Å²) in [5.74, 6) is 0.737. The summed E-state index contributed by atoms with van der Waals surface area (Å²) >= 11 is 1.46. The van der Waals surface area contributed by atoms with Crippen molar-refractivity contribution in [3.05, 3.63) is 66.5 Å². The van der Waals surface area contributed by atoms with Gasteiger partial charge in [-0.2, -0.15) is 0 Å². The van der Waals surface area contributed by atoms with E-state index in [2.05, 4.69) is 20.3 Å². The summed E-state index contributed by atoms with van der Waals surface area (Å²) in [7, 11) is 0. The van der Waals surface area contributed by atoms with Crippen LogP contribution in [0.3, 0.4) is 0 Å². The number of thiazole rings is 1. The van der Waals surface area contributed by atoms with E-state index in [0.717, 1.165) is 4.83 Å². The quantitative estimate of drug-likeness (QED) is 0.618. The van der Waals surface area contributed by atoms with E-state index in [-0.39, 0.29) is 5.91 Å². The molecule has 0 saturated heterocycles. The highest BCUT2D eigenvalue weighted by atomic mass is 32.1. The van der Waals surface area contributed by atoms with Gasteiger partial charge in [-0.05, 0) is 12.1 Å². The predicted octanol–water partition coefficient (Wildman–Crippen LogP) is 3.23. The number of nitrogens with one attached hydrogen (secondary N) is 1. The zero-order chi connectivity index (χ0) is 16.4. The van der Waals surface area contributed by atoms with Crippen LogP contribution < -0.4 is 10.1 Å². The Bertz CT molecular complexity index is 996. The van der Waals surface area contributed by atoms with Gasteiger partial charge in [0, 0.05) is 29.5 Å². The number of aromatic nitrogens is 4. The van der Waals surface area contributed by atoms with Gasteiger partial charge >= 0.3 is 0 Å². The molecule has 0 fully saturated rings. The molecule has 1 amide bonds. The van der Waals surface area contributed by atoms with E-state index < -0.39 is 0 Å². The topological polar surface area (TPSA) is 81.4 Å². The Hall–Kier alpha value is -3.26. The van der Waals surface area contributed by atoms with Gasteiger partial charge in [-0.1, -0.05) is 6.07 Å². The molecule has 7 nitrogen and oxygen atoms in total. The minimum Gasteiger partial charge on any atom is -0.437 e. The number of ether oxygens (including phenoxy) is 1. The van der Waals surface area contributed by atoms with E-state index in [0.29, 0.717) is 23.0 Å². The van der Waals surface area contributed by atoms with Gasteiger partial charge in [-0.15, -0.1) is 11.3 Å². The molecule has 0 aliphatic rings. The number of imidazole rings is 1. The molecule has 1 aromatic carbocycles. The third-order valence-corrected chi connectivity index (χ3v) is 4.13. The molecule has 0 spiro atoms. The minimum atomic E-state index is -0.212. The first kappa shape index (κ1) is 14.3. The molecule has 4 aromatic rings. The monoisotopic (exact) mass is 337 g/mol. The number of hydrogen-bond acceptors (Lipinski definition) is 6. The summed E-state index contributed by atoms with van der Waals surface area (Å²) in [5, 5.41) is 4.65. The second-order valence-corrected chi connectivity index (χ2v) is 5.74. The molecule has 4 rings (SSSR count). The number of carbonyl (C=O) groups is 1. The highest BCUT2D eigenvalue weighted by molar-refractivity contribution is 7.15. The van der Waals surface area contributed by atoms with Crippen LogP contribution in [0.5, 0.6) is 11.6 Å². The molecular formula is C16H11N5O2S. The van der Waals surface area contributed by atoms with E-state index in [1.165, 1.54) is 17.5 Å². The first-order valence-electron chi connectivity index (χ1n) is 7.04. The SMILES string of the molecule is O=C(Nc1cccc(Oc2cnccn2)c1)c1csc2cncn12. The lowest BCUT2D eigenvalue weighted by Gasteiger charge is -2.08. The van der Waals surface area contributed by atoms with Gasteiger partial charge in [0.15, 0.2) is 0 Å². The summed E-state index contributed by atoms with van der Waals surface area (Å²) in [6.45, 7) is 0. The first-order chi connectivity index (χ1) is 11.8. The third kappa shape index (κ3) is 2.82. The van der Waals surface area contributed by atoms with Crippen LogP contribution in [0.25, 0.3) is 4.83 Å². The largest absolute Gasteiger partial charge is 0.437 e. The molecule has 0 aliphatic heterocycles. The lowest BCUT2D eigenvalue weighted by molar-refractivity contribution is 0.102. The van der Waals surface area contributed by atoms with Crippen LogP contribution >= 0.6 is 11.3 Å². The lowest BCUT2D eigenvalue weighted by atomic mass is 10.3. The van der Waals surface area contributed by atoms with E-state index in [1.54, 1.807) is 59.0 Å². The molecule has 0 aliphatic carbocycles. The fourth-order valence-electron chi connectivity index (χ4n) is 2.18. The number of fused-ring (bicyclic) bond motifs is 1. The van der Waals surface area contributed by atoms with Gasteiger partial charge in [-0.3, -0.25) is 14.2 Å². The highest BCUT2D eigenvalue weighted by Crippen LogP contribution is 2.23. The predicted molar refractivity (Wildman–Crippen MR) is 89.6 cm³/mol. The molecule has 8 heteroatoms. The van der Waals surface area contributed by atoms with E-state index in [4.69, 9.17) is 4.74 Å². The Kier molecular flexibility index (Phi) is 3.64. The van der Waals surface area contributed by atoms with Crippen LogP contribution in [0.4, 0.5) is 5.69 Å². The van der Waals surface area contributed by atoms with Gasteiger partial charge in [0.2, 0.25) is 5.88 Å². The summed E-state index contributed by atoms with van der Waals surface area (Å²) in [6, 6.07) is 7.09. The fraction of sp³-hybridized carbons (Fsp3) is 0. The maximum Gasteiger partial charge on any atom is 0.273 e. The molecule has 1 N–H and O–H groups in total. The summed E-state index contributed by atoms with van der Waals surface area (Å²) < 4.78 is 7.36. The van der Waals surface area contributed by atoms with Gasteiger partial charge in [0.05, 0.1) is 12.4 Å². The van der Waals surface area contributed by atoms with Crippen LogP contribution in [-0.4, -0.2) is 25.3 Å². The Labute approximate surface area is 140 Å². The average molecular weight is 337 g/mol. The molecule has 24 heavy (non-hydrogen) atoms. The second kappa shape index (κ2) is 6.09. The van der Waals surface area contributed by atoms with Crippen molar-refractivity contribution in [3.8, 4) is 11.6 Å². The third-order valence-electron chi connectivity index (χ3n) is 3.24. The van der Waals surface area contributed by atoms with Crippen LogP contribution in [0.1, 0.15) is 10.5 Å². The Morgan fingerprint density at radius 2 is 2.17 bits per heavy atom. The van der Waals surface area contributed by atoms with E-state index in [9.17, 15) is 4.79 Å². The van der Waals surface area contributed by atoms with Crippen LogP contribution in [-0.2, 0) is 0 Å². The maximum atomic E-state index is 12.4. The number of rotatable bonds is 4. The molecule has 0 saturated carbocycles. The molecule has 0 atom stereocenters. The Morgan fingerprint density at radius 3 is 3.04 bits per heavy atom. The summed E-state index contributed by atoms with van der Waals surface area (Å²) in [5.41, 5.74) is 1.16. The van der Waals surface area contributed by atoms with Gasteiger partial charge in [0.1, 0.15) is 22.6 Å². The van der Waals surface area contributed by atoms with Gasteiger partial charge in [-0.25, -0.2) is 9.97 Å².